The second kappa shape index (κ2) is 10.1. The molecule has 0 fully saturated rings. The number of nitro groups is 1. The van der Waals surface area contributed by atoms with Gasteiger partial charge < -0.3 is 14.6 Å². The average Bonchev–Trinajstić information content (AvgIpc) is 3.17. The van der Waals surface area contributed by atoms with Crippen LogP contribution in [0.2, 0.25) is 0 Å². The highest BCUT2D eigenvalue weighted by atomic mass is 32.2. The van der Waals surface area contributed by atoms with Crippen molar-refractivity contribution < 1.29 is 14.5 Å². The molecule has 0 saturated heterocycles. The van der Waals surface area contributed by atoms with Crippen LogP contribution in [0.25, 0.3) is 0 Å². The topological polar surface area (TPSA) is 112 Å². The van der Waals surface area contributed by atoms with Crippen molar-refractivity contribution in [1.29, 1.82) is 0 Å². The summed E-state index contributed by atoms with van der Waals surface area (Å²) < 4.78 is 7.84. The number of hydrogen-bond acceptors (Lipinski definition) is 7. The predicted octanol–water partition coefficient (Wildman–Crippen LogP) is 4.39. The summed E-state index contributed by atoms with van der Waals surface area (Å²) in [5.74, 6) is 1.21. The lowest BCUT2D eigenvalue weighted by Crippen LogP contribution is -2.15. The van der Waals surface area contributed by atoms with E-state index in [1.807, 2.05) is 48.7 Å². The largest absolute Gasteiger partial charge is 0.483 e. The number of para-hydroxylation sites is 1. The van der Waals surface area contributed by atoms with Gasteiger partial charge in [-0.2, -0.15) is 0 Å². The molecular weight excluding hydrogens is 418 g/mol. The molecule has 10 heteroatoms. The molecule has 1 unspecified atom stereocenters. The van der Waals surface area contributed by atoms with E-state index in [9.17, 15) is 14.9 Å². The van der Waals surface area contributed by atoms with Crippen molar-refractivity contribution in [2.75, 3.05) is 11.1 Å². The Bertz CT molecular complexity index is 1070. The normalized spacial score (nSPS) is 11.7. The maximum atomic E-state index is 12.3. The monoisotopic (exact) mass is 441 g/mol. The summed E-state index contributed by atoms with van der Waals surface area (Å²) in [7, 11) is 0. The second-order valence-corrected chi connectivity index (χ2v) is 7.70. The minimum absolute atomic E-state index is 0.0341. The van der Waals surface area contributed by atoms with Crippen molar-refractivity contribution in [3.8, 4) is 5.75 Å². The zero-order valence-electron chi connectivity index (χ0n) is 17.4. The Hall–Kier alpha value is -3.40. The molecule has 0 spiro atoms. The van der Waals surface area contributed by atoms with Crippen molar-refractivity contribution >= 4 is 29.0 Å². The van der Waals surface area contributed by atoms with Crippen LogP contribution in [0.15, 0.2) is 53.7 Å². The molecule has 0 aliphatic heterocycles. The minimum Gasteiger partial charge on any atom is -0.483 e. The van der Waals surface area contributed by atoms with Crippen LogP contribution in [-0.4, -0.2) is 31.3 Å². The lowest BCUT2D eigenvalue weighted by molar-refractivity contribution is -0.385. The number of aromatic nitrogens is 3. The third kappa shape index (κ3) is 5.60. The number of amides is 1. The molecule has 1 heterocycles. The molecule has 162 valence electrons. The summed E-state index contributed by atoms with van der Waals surface area (Å²) >= 11 is 1.25. The maximum absolute atomic E-state index is 12.3. The van der Waals surface area contributed by atoms with Gasteiger partial charge in [-0.05, 0) is 39.0 Å². The quantitative estimate of drug-likeness (QED) is 0.298. The molecular formula is C21H23N5O4S. The highest BCUT2D eigenvalue weighted by molar-refractivity contribution is 7.99. The molecule has 0 saturated carbocycles. The van der Waals surface area contributed by atoms with Gasteiger partial charge >= 0.3 is 0 Å². The SMILES string of the molecule is CCn1c(SCC(=O)Nc2ccc(C)c([N+](=O)[O-])c2)nnc1C(C)Oc1ccccc1. The van der Waals surface area contributed by atoms with Crippen molar-refractivity contribution in [3.63, 3.8) is 0 Å². The summed E-state index contributed by atoms with van der Waals surface area (Å²) in [4.78, 5) is 23.0. The molecule has 31 heavy (non-hydrogen) atoms. The van der Waals surface area contributed by atoms with Crippen molar-refractivity contribution in [2.24, 2.45) is 0 Å². The van der Waals surface area contributed by atoms with E-state index in [0.717, 1.165) is 5.75 Å². The molecule has 1 atom stereocenters. The maximum Gasteiger partial charge on any atom is 0.274 e. The van der Waals surface area contributed by atoms with Crippen molar-refractivity contribution in [2.45, 2.75) is 38.6 Å². The fourth-order valence-electron chi connectivity index (χ4n) is 2.97. The average molecular weight is 442 g/mol. The number of benzene rings is 2. The van der Waals surface area contributed by atoms with E-state index in [1.165, 1.54) is 17.8 Å². The molecule has 0 aliphatic carbocycles. The summed E-state index contributed by atoms with van der Waals surface area (Å²) in [6, 6.07) is 14.1. The van der Waals surface area contributed by atoms with Crippen LogP contribution in [0.3, 0.4) is 0 Å². The first-order chi connectivity index (χ1) is 14.9. The Morgan fingerprint density at radius 2 is 2.00 bits per heavy atom. The summed E-state index contributed by atoms with van der Waals surface area (Å²) in [5, 5.41) is 22.8. The molecule has 2 aromatic carbocycles. The Morgan fingerprint density at radius 1 is 1.26 bits per heavy atom. The summed E-state index contributed by atoms with van der Waals surface area (Å²) in [6.45, 7) is 6.14. The van der Waals surface area contributed by atoms with Crippen LogP contribution in [0, 0.1) is 17.0 Å². The molecule has 1 aromatic heterocycles. The molecule has 0 radical (unpaired) electrons. The van der Waals surface area contributed by atoms with Crippen LogP contribution in [0.1, 0.15) is 31.3 Å². The van der Waals surface area contributed by atoms with Gasteiger partial charge in [0.2, 0.25) is 5.91 Å². The van der Waals surface area contributed by atoms with E-state index in [2.05, 4.69) is 15.5 Å². The number of rotatable bonds is 9. The van der Waals surface area contributed by atoms with Gasteiger partial charge in [0.05, 0.1) is 10.7 Å². The van der Waals surface area contributed by atoms with Crippen molar-refractivity contribution in [3.05, 3.63) is 70.0 Å². The van der Waals surface area contributed by atoms with Gasteiger partial charge in [-0.15, -0.1) is 10.2 Å². The highest BCUT2D eigenvalue weighted by Crippen LogP contribution is 2.25. The van der Waals surface area contributed by atoms with E-state index in [0.29, 0.717) is 28.8 Å². The molecule has 3 aromatic rings. The number of anilines is 1. The molecule has 9 nitrogen and oxygen atoms in total. The lowest BCUT2D eigenvalue weighted by atomic mass is 10.2. The third-order valence-corrected chi connectivity index (χ3v) is 5.47. The van der Waals surface area contributed by atoms with Gasteiger partial charge in [0.15, 0.2) is 17.1 Å². The molecule has 1 amide bonds. The minimum atomic E-state index is -0.469. The fraction of sp³-hybridized carbons (Fsp3) is 0.286. The number of hydrogen-bond donors (Lipinski definition) is 1. The van der Waals surface area contributed by atoms with Crippen LogP contribution >= 0.6 is 11.8 Å². The van der Waals surface area contributed by atoms with Gasteiger partial charge in [0.25, 0.3) is 5.69 Å². The smallest absolute Gasteiger partial charge is 0.274 e. The standard InChI is InChI=1S/C21H23N5O4S/c1-4-25-20(15(3)30-17-8-6-5-7-9-17)23-24-21(25)31-13-19(27)22-16-11-10-14(2)18(12-16)26(28)29/h5-12,15H,4,13H2,1-3H3,(H,22,27). The highest BCUT2D eigenvalue weighted by Gasteiger charge is 2.20. The van der Waals surface area contributed by atoms with E-state index in [-0.39, 0.29) is 23.5 Å². The Balaban J connectivity index is 1.63. The number of nitro benzene ring substituents is 1. The molecule has 3 rings (SSSR count). The van der Waals surface area contributed by atoms with Crippen LogP contribution in [0.4, 0.5) is 11.4 Å². The third-order valence-electron chi connectivity index (χ3n) is 4.50. The zero-order chi connectivity index (χ0) is 22.4. The van der Waals surface area contributed by atoms with Gasteiger partial charge in [0, 0.05) is 23.9 Å². The van der Waals surface area contributed by atoms with Crippen LogP contribution < -0.4 is 10.1 Å². The first-order valence-corrected chi connectivity index (χ1v) is 10.7. The van der Waals surface area contributed by atoms with Crippen LogP contribution in [0.5, 0.6) is 5.75 Å². The first kappa shape index (κ1) is 22.3. The van der Waals surface area contributed by atoms with E-state index >= 15 is 0 Å². The molecule has 0 bridgehead atoms. The fourth-order valence-corrected chi connectivity index (χ4v) is 3.78. The van der Waals surface area contributed by atoms with E-state index < -0.39 is 4.92 Å². The van der Waals surface area contributed by atoms with E-state index in [4.69, 9.17) is 4.74 Å². The number of aryl methyl sites for hydroxylation is 1. The summed E-state index contributed by atoms with van der Waals surface area (Å²) in [6.07, 6.45) is -0.314. The first-order valence-electron chi connectivity index (χ1n) is 9.71. The lowest BCUT2D eigenvalue weighted by Gasteiger charge is -2.15. The van der Waals surface area contributed by atoms with Gasteiger partial charge in [-0.3, -0.25) is 14.9 Å². The number of nitrogens with zero attached hydrogens (tertiary/aromatic N) is 4. The van der Waals surface area contributed by atoms with Gasteiger partial charge in [-0.1, -0.05) is 36.0 Å². The number of carbonyl (C=O) groups is 1. The van der Waals surface area contributed by atoms with E-state index in [1.54, 1.807) is 19.1 Å². The van der Waals surface area contributed by atoms with Gasteiger partial charge in [0.1, 0.15) is 5.75 Å². The number of carbonyl (C=O) groups excluding carboxylic acids is 1. The zero-order valence-corrected chi connectivity index (χ0v) is 18.3. The van der Waals surface area contributed by atoms with Gasteiger partial charge in [-0.25, -0.2) is 0 Å². The Morgan fingerprint density at radius 3 is 2.68 bits per heavy atom. The predicted molar refractivity (Wildman–Crippen MR) is 118 cm³/mol. The number of thioether (sulfide) groups is 1. The Kier molecular flexibility index (Phi) is 7.24. The number of ether oxygens (including phenoxy) is 1. The molecule has 1 N–H and O–H groups in total. The second-order valence-electron chi connectivity index (χ2n) is 6.75. The molecule has 0 aliphatic rings. The summed E-state index contributed by atoms with van der Waals surface area (Å²) in [5.41, 5.74) is 0.881. The Labute approximate surface area is 184 Å². The number of nitrogens with one attached hydrogen (secondary N) is 1. The van der Waals surface area contributed by atoms with Crippen molar-refractivity contribution in [1.82, 2.24) is 14.8 Å². The van der Waals surface area contributed by atoms with Crippen LogP contribution in [-0.2, 0) is 11.3 Å².